The number of nitrogens with zero attached hydrogens (tertiary/aromatic N) is 1. The lowest BCUT2D eigenvalue weighted by molar-refractivity contribution is -0.929. The largest absolute Gasteiger partial charge is 1.00 e. The Morgan fingerprint density at radius 3 is 0.440 bits per heavy atom. The summed E-state index contributed by atoms with van der Waals surface area (Å²) < 4.78 is 1.49. The van der Waals surface area contributed by atoms with Gasteiger partial charge in [-0.25, -0.2) is 0 Å². The molecule has 0 saturated carbocycles. The van der Waals surface area contributed by atoms with E-state index in [0.717, 1.165) is 0 Å². The summed E-state index contributed by atoms with van der Waals surface area (Å²) in [7, 11) is 0. The second kappa shape index (κ2) is 45.0. The average Bonchev–Trinajstić information content (AvgIpc) is 3.11. The molecule has 0 fully saturated rings. The van der Waals surface area contributed by atoms with Crippen LogP contribution in [-0.4, -0.2) is 30.7 Å². The van der Waals surface area contributed by atoms with Crippen molar-refractivity contribution < 1.29 is 9.19 Å². The zero-order valence-electron chi connectivity index (χ0n) is 35.9. The van der Waals surface area contributed by atoms with Gasteiger partial charge in [-0.15, -0.1) is 0 Å². The number of hydrogen-bond acceptors (Lipinski definition) is 0. The van der Waals surface area contributed by atoms with Crippen molar-refractivity contribution in [3.8, 4) is 0 Å². The highest BCUT2D eigenvalue weighted by molar-refractivity contribution is 4.56. The second-order valence-electron chi connectivity index (χ2n) is 17.0. The van der Waals surface area contributed by atoms with Gasteiger partial charge in [-0.2, -0.15) is 0 Å². The first-order valence-corrected chi connectivity index (χ1v) is 24.1. The molecule has 0 bridgehead atoms. The molecule has 2 heteroatoms. The Morgan fingerprint density at radius 2 is 0.300 bits per heavy atom. The zero-order valence-corrected chi connectivity index (χ0v) is 35.9. The molecule has 0 aromatic heterocycles. The van der Waals surface area contributed by atoms with Crippen LogP contribution >= 0.6 is 0 Å². The normalized spacial score (nSPS) is 11.8. The Labute approximate surface area is 319 Å². The molecule has 0 aliphatic carbocycles. The molecule has 1 nitrogen and oxygen atoms in total. The molecule has 0 radical (unpaired) electrons. The van der Waals surface area contributed by atoms with Gasteiger partial charge in [0.25, 0.3) is 0 Å². The summed E-state index contributed by atoms with van der Waals surface area (Å²) in [5, 5.41) is 0. The van der Waals surface area contributed by atoms with E-state index in [0.29, 0.717) is 0 Å². The van der Waals surface area contributed by atoms with E-state index in [2.05, 4.69) is 27.7 Å². The van der Waals surface area contributed by atoms with Crippen LogP contribution in [0.3, 0.4) is 0 Å². The molecule has 0 amide bonds. The molecular weight excluding hydrogens is 610 g/mol. The molecule has 50 heavy (non-hydrogen) atoms. The van der Waals surface area contributed by atoms with Crippen molar-refractivity contribution in [1.82, 2.24) is 0 Å². The first kappa shape index (κ1) is 52.0. The Hall–Kier alpha value is -0.110. The fourth-order valence-corrected chi connectivity index (χ4v) is 8.41. The zero-order chi connectivity index (χ0) is 35.6. The second-order valence-corrected chi connectivity index (χ2v) is 17.0. The van der Waals surface area contributed by atoms with E-state index in [1.807, 2.05) is 0 Å². The first-order valence-electron chi connectivity index (χ1n) is 24.1. The smallest absolute Gasteiger partial charge is 0.0786 e. The van der Waals surface area contributed by atoms with E-state index in [4.69, 9.17) is 0 Å². The van der Waals surface area contributed by atoms with Crippen LogP contribution in [0.2, 0.25) is 0 Å². The van der Waals surface area contributed by atoms with Gasteiger partial charge in [0.1, 0.15) is 0 Å². The molecule has 0 rings (SSSR count). The van der Waals surface area contributed by atoms with Gasteiger partial charge < -0.3 is 9.19 Å². The molecule has 0 saturated heterocycles. The number of quaternary nitrogens is 1. The van der Waals surface area contributed by atoms with Crippen LogP contribution in [0.5, 0.6) is 0 Å². The Kier molecular flexibility index (Phi) is 46.8. The van der Waals surface area contributed by atoms with Crippen molar-refractivity contribution in [2.24, 2.45) is 0 Å². The van der Waals surface area contributed by atoms with Crippen LogP contribution in [0.4, 0.5) is 0 Å². The lowest BCUT2D eigenvalue weighted by atomic mass is 10.0. The van der Waals surface area contributed by atoms with Gasteiger partial charge in [-0.1, -0.05) is 233 Å². The van der Waals surface area contributed by atoms with E-state index in [9.17, 15) is 0 Å². The molecule has 0 atom stereocenters. The number of rotatable bonds is 44. The number of unbranched alkanes of at least 4 members (excludes halogenated alkanes) is 36. The van der Waals surface area contributed by atoms with Crippen LogP contribution in [0.1, 0.15) is 285 Å². The summed E-state index contributed by atoms with van der Waals surface area (Å²) in [4.78, 5) is 0. The van der Waals surface area contributed by atoms with Gasteiger partial charge in [0.15, 0.2) is 0 Å². The Balaban J connectivity index is 0. The van der Waals surface area contributed by atoms with Crippen molar-refractivity contribution >= 4 is 0 Å². The maximum absolute atomic E-state index is 2.34. The molecule has 0 aliphatic rings. The molecule has 304 valence electrons. The van der Waals surface area contributed by atoms with Gasteiger partial charge in [-0.05, 0) is 51.4 Å². The van der Waals surface area contributed by atoms with Gasteiger partial charge in [0, 0.05) is 0 Å². The quantitative estimate of drug-likeness (QED) is 0.0436. The highest BCUT2D eigenvalue weighted by Gasteiger charge is 2.25. The SMILES string of the molecule is CCCCCCCCCCCC[N+](CCCCCCCCCCCC)(CCCCCCCCCCCC)CCCCCCCCCCCC.[F-]. The fraction of sp³-hybridized carbons (Fsp3) is 1.00. The average molecular weight is 710 g/mol. The predicted octanol–water partition coefficient (Wildman–Crippen LogP) is 14.5. The van der Waals surface area contributed by atoms with Crippen molar-refractivity contribution in [1.29, 1.82) is 0 Å². The Morgan fingerprint density at radius 1 is 0.180 bits per heavy atom. The molecular formula is C48H100FN. The van der Waals surface area contributed by atoms with Gasteiger partial charge in [0.05, 0.1) is 26.2 Å². The van der Waals surface area contributed by atoms with Gasteiger partial charge >= 0.3 is 0 Å². The minimum atomic E-state index is 0. The fourth-order valence-electron chi connectivity index (χ4n) is 8.41. The lowest BCUT2D eigenvalue weighted by Crippen LogP contribution is -3.00. The van der Waals surface area contributed by atoms with Crippen molar-refractivity contribution in [2.75, 3.05) is 26.2 Å². The summed E-state index contributed by atoms with van der Waals surface area (Å²) >= 11 is 0. The minimum absolute atomic E-state index is 0. The van der Waals surface area contributed by atoms with E-state index in [-0.39, 0.29) is 4.70 Å². The van der Waals surface area contributed by atoms with E-state index in [1.165, 1.54) is 287 Å². The highest BCUT2D eigenvalue weighted by atomic mass is 19.0. The summed E-state index contributed by atoms with van der Waals surface area (Å²) in [5.41, 5.74) is 0. The molecule has 0 N–H and O–H groups in total. The summed E-state index contributed by atoms with van der Waals surface area (Å²) in [6.07, 6.45) is 58.7. The van der Waals surface area contributed by atoms with Crippen LogP contribution in [-0.2, 0) is 0 Å². The third kappa shape index (κ3) is 39.1. The van der Waals surface area contributed by atoms with Crippen LogP contribution < -0.4 is 4.70 Å². The van der Waals surface area contributed by atoms with Gasteiger partial charge in [-0.3, -0.25) is 0 Å². The predicted molar refractivity (Wildman–Crippen MR) is 227 cm³/mol. The standard InChI is InChI=1S/C48H100N.FH/c1-5-9-13-17-21-25-29-33-37-41-45-49(46-42-38-34-30-26-22-18-14-10-6-2,47-43-39-35-31-27-23-19-15-11-7-3)48-44-40-36-32-28-24-20-16-12-8-4;/h5-48H2,1-4H3;1H/q+1;/p-1. The van der Waals surface area contributed by atoms with Crippen molar-refractivity contribution in [3.05, 3.63) is 0 Å². The van der Waals surface area contributed by atoms with Crippen molar-refractivity contribution in [3.63, 3.8) is 0 Å². The third-order valence-corrected chi connectivity index (χ3v) is 11.9. The maximum atomic E-state index is 2.34. The van der Waals surface area contributed by atoms with E-state index >= 15 is 0 Å². The van der Waals surface area contributed by atoms with Crippen LogP contribution in [0.15, 0.2) is 0 Å². The number of halogens is 1. The topological polar surface area (TPSA) is 0 Å². The minimum Gasteiger partial charge on any atom is -1.00 e. The molecule has 0 aliphatic heterocycles. The molecule has 0 heterocycles. The van der Waals surface area contributed by atoms with Crippen LogP contribution in [0.25, 0.3) is 0 Å². The molecule has 0 unspecified atom stereocenters. The maximum Gasteiger partial charge on any atom is 0.0786 e. The van der Waals surface area contributed by atoms with Crippen molar-refractivity contribution in [2.45, 2.75) is 285 Å². The van der Waals surface area contributed by atoms with Crippen LogP contribution in [0, 0.1) is 0 Å². The summed E-state index contributed by atoms with van der Waals surface area (Å²) in [6, 6.07) is 0. The number of hydrogen-bond donors (Lipinski definition) is 0. The molecule has 0 spiro atoms. The first-order chi connectivity index (χ1) is 24.2. The summed E-state index contributed by atoms with van der Waals surface area (Å²) in [5.74, 6) is 0. The van der Waals surface area contributed by atoms with E-state index < -0.39 is 0 Å². The highest BCUT2D eigenvalue weighted by Crippen LogP contribution is 2.22. The van der Waals surface area contributed by atoms with E-state index in [1.54, 1.807) is 0 Å². The monoisotopic (exact) mass is 710 g/mol. The third-order valence-electron chi connectivity index (χ3n) is 11.9. The Bertz CT molecular complexity index is 475. The molecule has 0 aromatic rings. The van der Waals surface area contributed by atoms with Gasteiger partial charge in [0.2, 0.25) is 0 Å². The summed E-state index contributed by atoms with van der Waals surface area (Å²) in [6.45, 7) is 15.3. The molecule has 0 aromatic carbocycles. The lowest BCUT2D eigenvalue weighted by Gasteiger charge is -2.40.